The first-order chi connectivity index (χ1) is 11.0. The van der Waals surface area contributed by atoms with Crippen molar-refractivity contribution in [1.29, 1.82) is 0 Å². The number of amides is 1. The van der Waals surface area contributed by atoms with Gasteiger partial charge in [-0.25, -0.2) is 8.42 Å². The van der Waals surface area contributed by atoms with Gasteiger partial charge >= 0.3 is 0 Å². The Balaban J connectivity index is 2.06. The van der Waals surface area contributed by atoms with Crippen molar-refractivity contribution in [1.82, 2.24) is 5.32 Å². The number of carbonyl (C=O) groups excluding carboxylic acids is 1. The predicted octanol–water partition coefficient (Wildman–Crippen LogP) is 2.85. The van der Waals surface area contributed by atoms with Gasteiger partial charge in [-0.3, -0.25) is 9.52 Å². The summed E-state index contributed by atoms with van der Waals surface area (Å²) < 4.78 is 26.5. The zero-order chi connectivity index (χ0) is 16.7. The molecule has 23 heavy (non-hydrogen) atoms. The molecule has 0 aromatic heterocycles. The third-order valence-corrected chi connectivity index (χ3v) is 4.00. The van der Waals surface area contributed by atoms with Crippen LogP contribution in [0.5, 0.6) is 0 Å². The summed E-state index contributed by atoms with van der Waals surface area (Å²) in [6.07, 6.45) is 1.52. The molecule has 0 saturated heterocycles. The molecule has 6 heteroatoms. The summed E-state index contributed by atoms with van der Waals surface area (Å²) in [5.74, 6) is -0.189. The van der Waals surface area contributed by atoms with E-state index in [9.17, 15) is 13.2 Å². The molecular weight excluding hydrogens is 312 g/mol. The standard InChI is InChI=1S/C17H18N2O3S/c1-2-18-17(20)15-8-10-16(11-9-15)19-23(21,22)13-12-14-6-4-3-5-7-14/h3-13,19H,2H2,1H3,(H,18,20). The Morgan fingerprint density at radius 3 is 2.30 bits per heavy atom. The van der Waals surface area contributed by atoms with Crippen LogP contribution in [0.15, 0.2) is 60.0 Å². The van der Waals surface area contributed by atoms with E-state index in [0.717, 1.165) is 11.0 Å². The first-order valence-electron chi connectivity index (χ1n) is 7.14. The van der Waals surface area contributed by atoms with E-state index in [-0.39, 0.29) is 5.91 Å². The molecular formula is C17H18N2O3S. The second kappa shape index (κ2) is 7.60. The fourth-order valence-corrected chi connectivity index (χ4v) is 2.75. The van der Waals surface area contributed by atoms with Gasteiger partial charge in [0.15, 0.2) is 0 Å². The Hall–Kier alpha value is -2.60. The van der Waals surface area contributed by atoms with Gasteiger partial charge in [0.05, 0.1) is 5.41 Å². The Bertz CT molecular complexity index is 782. The van der Waals surface area contributed by atoms with E-state index in [4.69, 9.17) is 0 Å². The molecule has 0 aliphatic rings. The number of benzene rings is 2. The van der Waals surface area contributed by atoms with Gasteiger partial charge in [-0.15, -0.1) is 0 Å². The van der Waals surface area contributed by atoms with Crippen LogP contribution in [0, 0.1) is 0 Å². The number of sulfonamides is 1. The third-order valence-electron chi connectivity index (χ3n) is 2.98. The van der Waals surface area contributed by atoms with Crippen molar-refractivity contribution in [2.45, 2.75) is 6.92 Å². The van der Waals surface area contributed by atoms with Crippen LogP contribution in [0.4, 0.5) is 5.69 Å². The Labute approximate surface area is 136 Å². The minimum Gasteiger partial charge on any atom is -0.352 e. The maximum atomic E-state index is 12.0. The van der Waals surface area contributed by atoms with E-state index in [1.54, 1.807) is 24.3 Å². The molecule has 2 rings (SSSR count). The molecule has 0 saturated carbocycles. The van der Waals surface area contributed by atoms with Gasteiger partial charge in [0.2, 0.25) is 0 Å². The van der Waals surface area contributed by atoms with Crippen LogP contribution in [0.1, 0.15) is 22.8 Å². The number of hydrogen-bond donors (Lipinski definition) is 2. The minimum atomic E-state index is -3.61. The second-order valence-corrected chi connectivity index (χ2v) is 6.36. The van der Waals surface area contributed by atoms with Crippen molar-refractivity contribution >= 4 is 27.7 Å². The van der Waals surface area contributed by atoms with Gasteiger partial charge < -0.3 is 5.32 Å². The van der Waals surface area contributed by atoms with E-state index >= 15 is 0 Å². The molecule has 0 aliphatic carbocycles. The molecule has 0 spiro atoms. The van der Waals surface area contributed by atoms with Gasteiger partial charge in [0, 0.05) is 17.8 Å². The van der Waals surface area contributed by atoms with Gasteiger partial charge in [-0.05, 0) is 42.8 Å². The highest BCUT2D eigenvalue weighted by Crippen LogP contribution is 2.13. The van der Waals surface area contributed by atoms with E-state index in [1.807, 2.05) is 37.3 Å². The SMILES string of the molecule is CCNC(=O)c1ccc(NS(=O)(=O)C=Cc2ccccc2)cc1. The Morgan fingerprint density at radius 1 is 1.04 bits per heavy atom. The van der Waals surface area contributed by atoms with Crippen molar-refractivity contribution < 1.29 is 13.2 Å². The average Bonchev–Trinajstić information content (AvgIpc) is 2.55. The average molecular weight is 330 g/mol. The van der Waals surface area contributed by atoms with Crippen molar-refractivity contribution in [3.63, 3.8) is 0 Å². The lowest BCUT2D eigenvalue weighted by molar-refractivity contribution is 0.0956. The highest BCUT2D eigenvalue weighted by Gasteiger charge is 2.07. The highest BCUT2D eigenvalue weighted by molar-refractivity contribution is 7.95. The summed E-state index contributed by atoms with van der Waals surface area (Å²) in [7, 11) is -3.61. The molecule has 2 N–H and O–H groups in total. The van der Waals surface area contributed by atoms with E-state index < -0.39 is 10.0 Å². The number of nitrogens with one attached hydrogen (secondary N) is 2. The lowest BCUT2D eigenvalue weighted by atomic mass is 10.2. The molecule has 0 heterocycles. The van der Waals surface area contributed by atoms with Crippen LogP contribution in [0.2, 0.25) is 0 Å². The number of rotatable bonds is 6. The lowest BCUT2D eigenvalue weighted by Gasteiger charge is -2.06. The maximum Gasteiger partial charge on any atom is 0.255 e. The van der Waals surface area contributed by atoms with Crippen molar-refractivity contribution in [3.8, 4) is 0 Å². The van der Waals surface area contributed by atoms with E-state index in [1.165, 1.54) is 6.08 Å². The molecule has 0 radical (unpaired) electrons. The first-order valence-corrected chi connectivity index (χ1v) is 8.69. The van der Waals surface area contributed by atoms with Gasteiger partial charge in [0.1, 0.15) is 0 Å². The third kappa shape index (κ3) is 5.27. The predicted molar refractivity (Wildman–Crippen MR) is 92.5 cm³/mol. The normalized spacial score (nSPS) is 11.3. The molecule has 120 valence electrons. The summed E-state index contributed by atoms with van der Waals surface area (Å²) in [5.41, 5.74) is 1.68. The fourth-order valence-electron chi connectivity index (χ4n) is 1.88. The Kier molecular flexibility index (Phi) is 5.54. The van der Waals surface area contributed by atoms with Crippen LogP contribution in [0.3, 0.4) is 0 Å². The van der Waals surface area contributed by atoms with Crippen molar-refractivity contribution in [2.75, 3.05) is 11.3 Å². The largest absolute Gasteiger partial charge is 0.352 e. The van der Waals surface area contributed by atoms with Crippen LogP contribution in [-0.4, -0.2) is 20.9 Å². The molecule has 2 aromatic rings. The van der Waals surface area contributed by atoms with Crippen LogP contribution in [-0.2, 0) is 10.0 Å². The smallest absolute Gasteiger partial charge is 0.255 e. The molecule has 0 aliphatic heterocycles. The van der Waals surface area contributed by atoms with E-state index in [2.05, 4.69) is 10.0 Å². The lowest BCUT2D eigenvalue weighted by Crippen LogP contribution is -2.22. The maximum absolute atomic E-state index is 12.0. The van der Waals surface area contributed by atoms with E-state index in [0.29, 0.717) is 17.8 Å². The van der Waals surface area contributed by atoms with Gasteiger partial charge in [-0.1, -0.05) is 30.3 Å². The molecule has 1 amide bonds. The molecule has 0 fully saturated rings. The molecule has 2 aromatic carbocycles. The van der Waals surface area contributed by atoms with Crippen molar-refractivity contribution in [2.24, 2.45) is 0 Å². The summed E-state index contributed by atoms with van der Waals surface area (Å²) in [5, 5.41) is 3.79. The number of carbonyl (C=O) groups is 1. The van der Waals surface area contributed by atoms with Crippen LogP contribution >= 0.6 is 0 Å². The molecule has 0 bridgehead atoms. The highest BCUT2D eigenvalue weighted by atomic mass is 32.2. The second-order valence-electron chi connectivity index (χ2n) is 4.80. The number of hydrogen-bond acceptors (Lipinski definition) is 3. The van der Waals surface area contributed by atoms with Gasteiger partial charge in [-0.2, -0.15) is 0 Å². The molecule has 5 nitrogen and oxygen atoms in total. The zero-order valence-electron chi connectivity index (χ0n) is 12.7. The molecule has 0 unspecified atom stereocenters. The molecule has 0 atom stereocenters. The Morgan fingerprint density at radius 2 is 1.70 bits per heavy atom. The topological polar surface area (TPSA) is 75.3 Å². The van der Waals surface area contributed by atoms with Crippen LogP contribution in [0.25, 0.3) is 6.08 Å². The van der Waals surface area contributed by atoms with Crippen LogP contribution < -0.4 is 10.0 Å². The quantitative estimate of drug-likeness (QED) is 0.855. The summed E-state index contributed by atoms with van der Waals surface area (Å²) >= 11 is 0. The minimum absolute atomic E-state index is 0.189. The monoisotopic (exact) mass is 330 g/mol. The summed E-state index contributed by atoms with van der Waals surface area (Å²) in [6, 6.07) is 15.4. The van der Waals surface area contributed by atoms with Crippen molar-refractivity contribution in [3.05, 3.63) is 71.1 Å². The fraction of sp³-hybridized carbons (Fsp3) is 0.118. The summed E-state index contributed by atoms with van der Waals surface area (Å²) in [4.78, 5) is 11.6. The number of anilines is 1. The zero-order valence-corrected chi connectivity index (χ0v) is 13.5. The van der Waals surface area contributed by atoms with Gasteiger partial charge in [0.25, 0.3) is 15.9 Å². The summed E-state index contributed by atoms with van der Waals surface area (Å²) in [6.45, 7) is 2.37. The first kappa shape index (κ1) is 16.8.